The zero-order chi connectivity index (χ0) is 13.1. The number of aryl methyl sites for hydroxylation is 2. The highest BCUT2D eigenvalue weighted by atomic mass is 32.2. The number of hydrogen-bond acceptors (Lipinski definition) is 5. The molecule has 6 nitrogen and oxygen atoms in total. The summed E-state index contributed by atoms with van der Waals surface area (Å²) in [5, 5.41) is 11.5. The summed E-state index contributed by atoms with van der Waals surface area (Å²) >= 11 is 0. The van der Waals surface area contributed by atoms with Crippen LogP contribution in [-0.2, 0) is 17.3 Å². The lowest BCUT2D eigenvalue weighted by molar-refractivity contribution is 0.625. The van der Waals surface area contributed by atoms with Gasteiger partial charge in [-0.15, -0.1) is 5.10 Å². The molecule has 2 aromatic rings. The average molecular weight is 265 g/mol. The number of anilines is 1. The Morgan fingerprint density at radius 3 is 2.94 bits per heavy atom. The molecule has 0 aliphatic carbocycles. The van der Waals surface area contributed by atoms with Crippen LogP contribution in [0.3, 0.4) is 0 Å². The smallest absolute Gasteiger partial charge is 0.184 e. The van der Waals surface area contributed by atoms with E-state index in [0.29, 0.717) is 23.8 Å². The minimum absolute atomic E-state index is 0.513. The minimum Gasteiger partial charge on any atom is -0.398 e. The molecule has 18 heavy (non-hydrogen) atoms. The largest absolute Gasteiger partial charge is 0.398 e. The van der Waals surface area contributed by atoms with Gasteiger partial charge in [-0.3, -0.25) is 4.21 Å². The number of hydrogen-bond donors (Lipinski definition) is 1. The maximum atomic E-state index is 11.1. The number of tetrazole rings is 1. The molecule has 1 unspecified atom stereocenters. The van der Waals surface area contributed by atoms with E-state index in [1.165, 1.54) is 0 Å². The third-order valence-electron chi connectivity index (χ3n) is 2.57. The van der Waals surface area contributed by atoms with Gasteiger partial charge in [0, 0.05) is 34.1 Å². The van der Waals surface area contributed by atoms with Crippen molar-refractivity contribution in [1.82, 2.24) is 20.2 Å². The topological polar surface area (TPSA) is 86.7 Å². The van der Waals surface area contributed by atoms with Crippen LogP contribution in [0.4, 0.5) is 5.69 Å². The molecule has 0 aliphatic heterocycles. The van der Waals surface area contributed by atoms with E-state index in [-0.39, 0.29) is 0 Å². The summed E-state index contributed by atoms with van der Waals surface area (Å²) in [7, 11) is -0.872. The molecule has 1 aromatic heterocycles. The molecule has 0 spiro atoms. The molecule has 0 amide bonds. The third kappa shape index (κ3) is 2.73. The molecule has 2 rings (SSSR count). The van der Waals surface area contributed by atoms with E-state index >= 15 is 0 Å². The van der Waals surface area contributed by atoms with Gasteiger partial charge in [0.25, 0.3) is 0 Å². The van der Waals surface area contributed by atoms with Crippen LogP contribution in [0.1, 0.15) is 5.56 Å². The van der Waals surface area contributed by atoms with Crippen molar-refractivity contribution in [2.45, 2.75) is 13.5 Å². The van der Waals surface area contributed by atoms with Gasteiger partial charge in [0.2, 0.25) is 0 Å². The molecule has 7 heteroatoms. The molecule has 2 N–H and O–H groups in total. The lowest BCUT2D eigenvalue weighted by Crippen LogP contribution is -2.10. The molecule has 1 atom stereocenters. The van der Waals surface area contributed by atoms with E-state index < -0.39 is 10.8 Å². The first-order chi connectivity index (χ1) is 8.58. The van der Waals surface area contributed by atoms with E-state index in [9.17, 15) is 4.21 Å². The molecule has 1 heterocycles. The van der Waals surface area contributed by atoms with Crippen LogP contribution >= 0.6 is 0 Å². The predicted molar refractivity (Wildman–Crippen MR) is 71.3 cm³/mol. The number of nitrogens with two attached hydrogens (primary N) is 1. The van der Waals surface area contributed by atoms with Crippen LogP contribution in [-0.4, -0.2) is 36.4 Å². The summed E-state index contributed by atoms with van der Waals surface area (Å²) in [5.74, 6) is 1.13. The standard InChI is InChI=1S/C11H15N5OS/c1-8-3-4-10(12)9(7-8)11-13-14-15-16(11)5-6-18(2)17/h3-4,7H,5-6,12H2,1-2H3. The number of nitrogen functional groups attached to an aromatic ring is 1. The summed E-state index contributed by atoms with van der Waals surface area (Å²) in [6, 6.07) is 5.72. The van der Waals surface area contributed by atoms with Gasteiger partial charge in [-0.25, -0.2) is 4.68 Å². The molecule has 0 saturated heterocycles. The second kappa shape index (κ2) is 5.26. The Labute approximate surface area is 108 Å². The summed E-state index contributed by atoms with van der Waals surface area (Å²) < 4.78 is 12.7. The van der Waals surface area contributed by atoms with E-state index in [1.807, 2.05) is 25.1 Å². The maximum absolute atomic E-state index is 11.1. The number of aromatic nitrogens is 4. The summed E-state index contributed by atoms with van der Waals surface area (Å²) in [4.78, 5) is 0. The van der Waals surface area contributed by atoms with Crippen molar-refractivity contribution in [2.24, 2.45) is 0 Å². The normalized spacial score (nSPS) is 12.6. The SMILES string of the molecule is Cc1ccc(N)c(-c2nnnn2CCS(C)=O)c1. The molecule has 0 aliphatic rings. The van der Waals surface area contributed by atoms with Crippen LogP contribution < -0.4 is 5.73 Å². The van der Waals surface area contributed by atoms with Gasteiger partial charge in [-0.05, 0) is 29.5 Å². The van der Waals surface area contributed by atoms with Crippen LogP contribution in [0.25, 0.3) is 11.4 Å². The van der Waals surface area contributed by atoms with Crippen molar-refractivity contribution in [3.05, 3.63) is 23.8 Å². The molecule has 96 valence electrons. The monoisotopic (exact) mass is 265 g/mol. The second-order valence-electron chi connectivity index (χ2n) is 4.09. The van der Waals surface area contributed by atoms with Crippen molar-refractivity contribution in [3.8, 4) is 11.4 Å². The third-order valence-corrected chi connectivity index (χ3v) is 3.33. The Morgan fingerprint density at radius 2 is 2.22 bits per heavy atom. The molecule has 0 saturated carbocycles. The predicted octanol–water partition coefficient (Wildman–Crippen LogP) is 0.609. The number of nitrogens with zero attached hydrogens (tertiary/aromatic N) is 4. The van der Waals surface area contributed by atoms with Crippen molar-refractivity contribution < 1.29 is 4.21 Å². The molecule has 1 aromatic carbocycles. The highest BCUT2D eigenvalue weighted by Gasteiger charge is 2.12. The van der Waals surface area contributed by atoms with E-state index in [2.05, 4.69) is 15.5 Å². The number of rotatable bonds is 4. The van der Waals surface area contributed by atoms with Crippen molar-refractivity contribution in [3.63, 3.8) is 0 Å². The van der Waals surface area contributed by atoms with Gasteiger partial charge in [-0.2, -0.15) is 0 Å². The minimum atomic E-state index is -0.872. The van der Waals surface area contributed by atoms with Gasteiger partial charge in [-0.1, -0.05) is 11.6 Å². The maximum Gasteiger partial charge on any atom is 0.184 e. The summed E-state index contributed by atoms with van der Waals surface area (Å²) in [6.07, 6.45) is 1.66. The highest BCUT2D eigenvalue weighted by molar-refractivity contribution is 7.84. The first-order valence-electron chi connectivity index (χ1n) is 5.50. The Morgan fingerprint density at radius 1 is 1.44 bits per heavy atom. The zero-order valence-electron chi connectivity index (χ0n) is 10.3. The molecule has 0 bridgehead atoms. The average Bonchev–Trinajstić information content (AvgIpc) is 2.77. The quantitative estimate of drug-likeness (QED) is 0.818. The molecular weight excluding hydrogens is 250 g/mol. The Bertz CT molecular complexity index is 581. The van der Waals surface area contributed by atoms with E-state index in [0.717, 1.165) is 11.1 Å². The van der Waals surface area contributed by atoms with Crippen molar-refractivity contribution >= 4 is 16.5 Å². The van der Waals surface area contributed by atoms with Gasteiger partial charge in [0.05, 0.1) is 6.54 Å². The number of benzene rings is 1. The van der Waals surface area contributed by atoms with E-state index in [1.54, 1.807) is 10.9 Å². The van der Waals surface area contributed by atoms with E-state index in [4.69, 9.17) is 5.73 Å². The fourth-order valence-corrected chi connectivity index (χ4v) is 2.06. The van der Waals surface area contributed by atoms with Gasteiger partial charge in [0.1, 0.15) is 0 Å². The summed E-state index contributed by atoms with van der Waals surface area (Å²) in [6.45, 7) is 2.50. The van der Waals surface area contributed by atoms with Crippen LogP contribution in [0, 0.1) is 6.92 Å². The fraction of sp³-hybridized carbons (Fsp3) is 0.364. The van der Waals surface area contributed by atoms with Crippen molar-refractivity contribution in [2.75, 3.05) is 17.7 Å². The Kier molecular flexibility index (Phi) is 3.71. The Hall–Kier alpha value is -1.76. The first-order valence-corrected chi connectivity index (χ1v) is 7.23. The molecular formula is C11H15N5OS. The Balaban J connectivity index is 2.36. The van der Waals surface area contributed by atoms with Crippen LogP contribution in [0.2, 0.25) is 0 Å². The van der Waals surface area contributed by atoms with Crippen LogP contribution in [0.5, 0.6) is 0 Å². The molecule has 0 radical (unpaired) electrons. The fourth-order valence-electron chi connectivity index (χ4n) is 1.63. The molecule has 0 fully saturated rings. The lowest BCUT2D eigenvalue weighted by atomic mass is 10.1. The van der Waals surface area contributed by atoms with Crippen LogP contribution in [0.15, 0.2) is 18.2 Å². The second-order valence-corrected chi connectivity index (χ2v) is 5.65. The van der Waals surface area contributed by atoms with Gasteiger partial charge < -0.3 is 5.73 Å². The highest BCUT2D eigenvalue weighted by Crippen LogP contribution is 2.24. The summed E-state index contributed by atoms with van der Waals surface area (Å²) in [5.41, 5.74) is 8.47. The zero-order valence-corrected chi connectivity index (χ0v) is 11.1. The lowest BCUT2D eigenvalue weighted by Gasteiger charge is -2.07. The first kappa shape index (κ1) is 12.7. The van der Waals surface area contributed by atoms with Gasteiger partial charge >= 0.3 is 0 Å². The van der Waals surface area contributed by atoms with Crippen molar-refractivity contribution in [1.29, 1.82) is 0 Å². The van der Waals surface area contributed by atoms with Gasteiger partial charge in [0.15, 0.2) is 5.82 Å².